The van der Waals surface area contributed by atoms with E-state index < -0.39 is 23.2 Å². The Morgan fingerprint density at radius 1 is 1.04 bits per heavy atom. The number of hydroxylamine groups is 2. The molecule has 0 aromatic carbocycles. The Kier molecular flexibility index (Phi) is 4.06. The quantitative estimate of drug-likeness (QED) is 0.426. The number of piperidine rings is 1. The molecule has 2 amide bonds. The van der Waals surface area contributed by atoms with Gasteiger partial charge in [-0.1, -0.05) is 12.2 Å². The molecule has 2 heterocycles. The van der Waals surface area contributed by atoms with Crippen molar-refractivity contribution in [3.63, 3.8) is 0 Å². The van der Waals surface area contributed by atoms with Crippen molar-refractivity contribution < 1.29 is 24.3 Å². The molecule has 4 atom stereocenters. The minimum Gasteiger partial charge on any atom is -0.461 e. The van der Waals surface area contributed by atoms with E-state index in [-0.39, 0.29) is 42.0 Å². The first-order valence-electron chi connectivity index (χ1n) is 9.72. The maximum Gasteiger partial charge on any atom is 0.326 e. The SMILES string of the molecule is CC1(C)CC(OC(=O)CN2C(=O)[C@@H]3C4C=CC(C4)[C@@H]3C2=O)CC(C)(C)N1[O]. The highest BCUT2D eigenvalue weighted by Crippen LogP contribution is 2.52. The van der Waals surface area contributed by atoms with Gasteiger partial charge in [0.05, 0.1) is 11.8 Å². The fourth-order valence-corrected chi connectivity index (χ4v) is 5.73. The number of ether oxygens (including phenoxy) is 1. The van der Waals surface area contributed by atoms with Gasteiger partial charge in [-0.2, -0.15) is 0 Å². The van der Waals surface area contributed by atoms with Gasteiger partial charge >= 0.3 is 5.97 Å². The zero-order chi connectivity index (χ0) is 19.7. The number of fused-ring (bicyclic) bond motifs is 5. The summed E-state index contributed by atoms with van der Waals surface area (Å²) in [6, 6.07) is 0. The van der Waals surface area contributed by atoms with Crippen molar-refractivity contribution in [3.05, 3.63) is 12.2 Å². The molecule has 0 N–H and O–H groups in total. The highest BCUT2D eigenvalue weighted by Gasteiger charge is 2.59. The summed E-state index contributed by atoms with van der Waals surface area (Å²) < 4.78 is 5.59. The van der Waals surface area contributed by atoms with Crippen LogP contribution in [-0.2, 0) is 24.3 Å². The molecule has 0 spiro atoms. The van der Waals surface area contributed by atoms with Crippen LogP contribution in [0.4, 0.5) is 0 Å². The Labute approximate surface area is 159 Å². The fourth-order valence-electron chi connectivity index (χ4n) is 5.73. The minimum atomic E-state index is -0.645. The van der Waals surface area contributed by atoms with Gasteiger partial charge in [0.25, 0.3) is 0 Å². The maximum atomic E-state index is 12.7. The molecule has 27 heavy (non-hydrogen) atoms. The van der Waals surface area contributed by atoms with Crippen molar-refractivity contribution >= 4 is 17.8 Å². The average Bonchev–Trinajstić information content (AvgIpc) is 3.22. The molecule has 1 radical (unpaired) electrons. The number of carbonyl (C=O) groups excluding carboxylic acids is 3. The third kappa shape index (κ3) is 2.83. The molecule has 2 saturated heterocycles. The second-order valence-electron chi connectivity index (χ2n) is 9.70. The van der Waals surface area contributed by atoms with Gasteiger partial charge in [-0.25, -0.2) is 0 Å². The highest BCUT2D eigenvalue weighted by atomic mass is 16.5. The molecule has 147 valence electrons. The number of amides is 2. The number of hydrogen-bond acceptors (Lipinski definition) is 5. The lowest BCUT2D eigenvalue weighted by Gasteiger charge is -2.49. The van der Waals surface area contributed by atoms with E-state index >= 15 is 0 Å². The Hall–Kier alpha value is -1.73. The molecule has 4 aliphatic rings. The number of nitrogens with zero attached hydrogens (tertiary/aromatic N) is 2. The van der Waals surface area contributed by atoms with Gasteiger partial charge in [-0.05, 0) is 46.0 Å². The lowest BCUT2D eigenvalue weighted by Crippen LogP contribution is -2.60. The summed E-state index contributed by atoms with van der Waals surface area (Å²) in [6.45, 7) is 7.00. The monoisotopic (exact) mass is 375 g/mol. The van der Waals surface area contributed by atoms with Crippen LogP contribution in [0.15, 0.2) is 12.2 Å². The van der Waals surface area contributed by atoms with E-state index in [1.54, 1.807) is 0 Å². The molecule has 2 unspecified atom stereocenters. The largest absolute Gasteiger partial charge is 0.461 e. The first-order chi connectivity index (χ1) is 12.5. The summed E-state index contributed by atoms with van der Waals surface area (Å²) in [4.78, 5) is 38.9. The normalized spacial score (nSPS) is 37.1. The van der Waals surface area contributed by atoms with E-state index in [4.69, 9.17) is 4.74 Å². The minimum absolute atomic E-state index is 0.125. The predicted molar refractivity (Wildman–Crippen MR) is 94.2 cm³/mol. The molecule has 7 heteroatoms. The molecule has 0 aromatic heterocycles. The lowest BCUT2D eigenvalue weighted by atomic mass is 9.80. The van der Waals surface area contributed by atoms with Gasteiger partial charge in [0.2, 0.25) is 11.8 Å². The van der Waals surface area contributed by atoms with Crippen molar-refractivity contribution in [1.82, 2.24) is 9.96 Å². The van der Waals surface area contributed by atoms with Crippen molar-refractivity contribution in [2.45, 2.75) is 64.1 Å². The van der Waals surface area contributed by atoms with Gasteiger partial charge in [-0.3, -0.25) is 19.3 Å². The first kappa shape index (κ1) is 18.6. The van der Waals surface area contributed by atoms with Crippen molar-refractivity contribution in [2.24, 2.45) is 23.7 Å². The average molecular weight is 375 g/mol. The molecular formula is C20H27N2O5. The molecule has 1 saturated carbocycles. The van der Waals surface area contributed by atoms with Crippen LogP contribution >= 0.6 is 0 Å². The number of esters is 1. The van der Waals surface area contributed by atoms with E-state index in [9.17, 15) is 19.6 Å². The van der Waals surface area contributed by atoms with E-state index in [1.807, 2.05) is 39.8 Å². The van der Waals surface area contributed by atoms with Crippen LogP contribution in [-0.4, -0.2) is 51.5 Å². The van der Waals surface area contributed by atoms with Gasteiger partial charge in [0, 0.05) is 23.9 Å². The molecule has 0 aromatic rings. The van der Waals surface area contributed by atoms with E-state index in [0.717, 1.165) is 16.4 Å². The van der Waals surface area contributed by atoms with E-state index in [2.05, 4.69) is 0 Å². The van der Waals surface area contributed by atoms with Gasteiger partial charge < -0.3 is 4.74 Å². The number of likely N-dealkylation sites (tertiary alicyclic amines) is 1. The number of hydrogen-bond donors (Lipinski definition) is 0. The van der Waals surface area contributed by atoms with Gasteiger partial charge in [0.15, 0.2) is 0 Å². The zero-order valence-electron chi connectivity index (χ0n) is 16.3. The summed E-state index contributed by atoms with van der Waals surface area (Å²) in [5.41, 5.74) is -1.29. The second kappa shape index (κ2) is 5.88. The summed E-state index contributed by atoms with van der Waals surface area (Å²) >= 11 is 0. The summed E-state index contributed by atoms with van der Waals surface area (Å²) in [5, 5.41) is 13.5. The lowest BCUT2D eigenvalue weighted by molar-refractivity contribution is -0.299. The number of carbonyl (C=O) groups is 3. The summed E-state index contributed by atoms with van der Waals surface area (Å²) in [7, 11) is 0. The molecule has 2 aliphatic heterocycles. The third-order valence-corrected chi connectivity index (χ3v) is 6.70. The smallest absolute Gasteiger partial charge is 0.326 e. The van der Waals surface area contributed by atoms with Crippen LogP contribution in [0.3, 0.4) is 0 Å². The summed E-state index contributed by atoms with van der Waals surface area (Å²) in [5.74, 6) is -1.42. The number of imide groups is 1. The molecule has 7 nitrogen and oxygen atoms in total. The third-order valence-electron chi connectivity index (χ3n) is 6.70. The van der Waals surface area contributed by atoms with Crippen LogP contribution in [0.5, 0.6) is 0 Å². The Morgan fingerprint density at radius 3 is 2.00 bits per heavy atom. The van der Waals surface area contributed by atoms with Crippen LogP contribution in [0.2, 0.25) is 0 Å². The molecular weight excluding hydrogens is 348 g/mol. The fraction of sp³-hybridized carbons (Fsp3) is 0.750. The topological polar surface area (TPSA) is 86.8 Å². The predicted octanol–water partition coefficient (Wildman–Crippen LogP) is 1.70. The van der Waals surface area contributed by atoms with E-state index in [0.29, 0.717) is 12.8 Å². The zero-order valence-corrected chi connectivity index (χ0v) is 16.3. The molecule has 4 rings (SSSR count). The first-order valence-corrected chi connectivity index (χ1v) is 9.72. The Bertz CT molecular complexity index is 680. The van der Waals surface area contributed by atoms with Gasteiger partial charge in [0.1, 0.15) is 12.6 Å². The Balaban J connectivity index is 1.41. The van der Waals surface area contributed by atoms with Crippen LogP contribution in [0.25, 0.3) is 0 Å². The Morgan fingerprint density at radius 2 is 1.52 bits per heavy atom. The van der Waals surface area contributed by atoms with Crippen molar-refractivity contribution in [1.29, 1.82) is 0 Å². The molecule has 3 fully saturated rings. The molecule has 2 bridgehead atoms. The van der Waals surface area contributed by atoms with E-state index in [1.165, 1.54) is 0 Å². The van der Waals surface area contributed by atoms with Crippen molar-refractivity contribution in [2.75, 3.05) is 6.54 Å². The van der Waals surface area contributed by atoms with Crippen LogP contribution in [0, 0.1) is 23.7 Å². The standard InChI is InChI=1S/C20H27N2O5/c1-19(2)8-13(9-20(3,4)22(19)26)27-14(23)10-21-17(24)15-11-5-6-12(7-11)16(15)18(21)25/h5-6,11-13,15-16H,7-10H2,1-4H3/t11?,12?,15-,16+. The highest BCUT2D eigenvalue weighted by molar-refractivity contribution is 6.08. The molecule has 2 aliphatic carbocycles. The number of rotatable bonds is 3. The number of allylic oxidation sites excluding steroid dienone is 2. The van der Waals surface area contributed by atoms with Crippen LogP contribution < -0.4 is 0 Å². The van der Waals surface area contributed by atoms with Crippen molar-refractivity contribution in [3.8, 4) is 0 Å². The maximum absolute atomic E-state index is 12.7. The summed E-state index contributed by atoms with van der Waals surface area (Å²) in [6.07, 6.45) is 5.36. The second-order valence-corrected chi connectivity index (χ2v) is 9.70. The van der Waals surface area contributed by atoms with Gasteiger partial charge in [-0.15, -0.1) is 10.3 Å². The van der Waals surface area contributed by atoms with Crippen LogP contribution in [0.1, 0.15) is 47.0 Å².